The molecule has 0 aliphatic carbocycles. The van der Waals surface area contributed by atoms with Crippen LogP contribution in [0.2, 0.25) is 0 Å². The molecule has 2 N–H and O–H groups in total. The first-order valence-corrected chi connectivity index (χ1v) is 31.4. The van der Waals surface area contributed by atoms with Crippen molar-refractivity contribution in [1.29, 1.82) is 0 Å². The quantitative estimate of drug-likeness (QED) is 0.0156. The van der Waals surface area contributed by atoms with Gasteiger partial charge in [0.2, 0.25) is 5.91 Å². The highest BCUT2D eigenvalue weighted by Crippen LogP contribution is 2.43. The second-order valence-corrected chi connectivity index (χ2v) is 22.7. The highest BCUT2D eigenvalue weighted by atomic mass is 31.2. The fourth-order valence-corrected chi connectivity index (χ4v) is 8.98. The van der Waals surface area contributed by atoms with E-state index in [4.69, 9.17) is 13.8 Å². The molecule has 0 aromatic rings. The summed E-state index contributed by atoms with van der Waals surface area (Å²) in [5, 5.41) is 3.04. The lowest BCUT2D eigenvalue weighted by Gasteiger charge is -2.27. The van der Waals surface area contributed by atoms with Gasteiger partial charge in [0.05, 0.1) is 33.8 Å². The molecule has 0 aromatic carbocycles. The predicted octanol–water partition coefficient (Wildman–Crippen LogP) is 18.2. The van der Waals surface area contributed by atoms with Crippen LogP contribution < -0.4 is 5.32 Å². The number of ether oxygens (including phenoxy) is 1. The molecule has 0 spiro atoms. The van der Waals surface area contributed by atoms with Gasteiger partial charge in [-0.1, -0.05) is 235 Å². The normalized spacial score (nSPS) is 14.3. The highest BCUT2D eigenvalue weighted by Gasteiger charge is 2.30. The van der Waals surface area contributed by atoms with E-state index in [-0.39, 0.29) is 31.5 Å². The fraction of sp³-hybridized carbons (Fsp3) is 0.746. The summed E-state index contributed by atoms with van der Waals surface area (Å²) in [5.74, 6) is -0.530. The molecule has 422 valence electrons. The number of nitrogens with one attached hydrogen (secondary N) is 1. The molecule has 10 heteroatoms. The number of hydrogen-bond donors (Lipinski definition) is 2. The Hall–Kier alpha value is -2.81. The fourth-order valence-electron chi connectivity index (χ4n) is 8.24. The van der Waals surface area contributed by atoms with Crippen molar-refractivity contribution < 1.29 is 37.3 Å². The molecule has 0 heterocycles. The van der Waals surface area contributed by atoms with Gasteiger partial charge in [-0.3, -0.25) is 18.6 Å². The third kappa shape index (κ3) is 53.8. The molecule has 0 aliphatic rings. The van der Waals surface area contributed by atoms with Crippen LogP contribution in [0.4, 0.5) is 0 Å². The van der Waals surface area contributed by atoms with Crippen LogP contribution in [0.3, 0.4) is 0 Å². The summed E-state index contributed by atoms with van der Waals surface area (Å²) < 4.78 is 30.6. The molecule has 0 saturated heterocycles. The van der Waals surface area contributed by atoms with Gasteiger partial charge >= 0.3 is 13.8 Å². The number of phosphoric acid groups is 1. The van der Waals surface area contributed by atoms with Crippen LogP contribution in [-0.2, 0) is 27.9 Å². The molecule has 9 nitrogen and oxygen atoms in total. The lowest BCUT2D eigenvalue weighted by Crippen LogP contribution is -2.47. The summed E-state index contributed by atoms with van der Waals surface area (Å²) in [6, 6.07) is -0.860. The van der Waals surface area contributed by atoms with Gasteiger partial charge in [0, 0.05) is 12.8 Å². The van der Waals surface area contributed by atoms with Crippen LogP contribution >= 0.6 is 7.82 Å². The third-order valence-electron chi connectivity index (χ3n) is 12.9. The lowest BCUT2D eigenvalue weighted by molar-refractivity contribution is -0.870. The van der Waals surface area contributed by atoms with E-state index in [1.54, 1.807) is 0 Å². The Morgan fingerprint density at radius 1 is 0.507 bits per heavy atom. The molecule has 0 saturated carbocycles. The van der Waals surface area contributed by atoms with Gasteiger partial charge in [0.15, 0.2) is 0 Å². The van der Waals surface area contributed by atoms with Crippen molar-refractivity contribution in [3.05, 3.63) is 85.1 Å². The molecule has 3 atom stereocenters. The van der Waals surface area contributed by atoms with Gasteiger partial charge in [0.1, 0.15) is 19.3 Å². The molecule has 1 amide bonds. The Bertz CT molecular complexity index is 1530. The van der Waals surface area contributed by atoms with E-state index in [9.17, 15) is 19.0 Å². The van der Waals surface area contributed by atoms with Crippen molar-refractivity contribution in [2.24, 2.45) is 0 Å². The number of carbonyl (C=O) groups is 2. The van der Waals surface area contributed by atoms with E-state index in [1.165, 1.54) is 116 Å². The number of rotatable bonds is 53. The molecule has 0 aliphatic heterocycles. The first-order chi connectivity index (χ1) is 35.4. The van der Waals surface area contributed by atoms with Crippen LogP contribution in [-0.4, -0.2) is 74.3 Å². The maximum Gasteiger partial charge on any atom is 0.472 e. The topological polar surface area (TPSA) is 111 Å². The molecule has 0 fully saturated rings. The monoisotopic (exact) mass is 1040 g/mol. The van der Waals surface area contributed by atoms with Crippen LogP contribution in [0.1, 0.15) is 252 Å². The average Bonchev–Trinajstić information content (AvgIpc) is 3.35. The number of allylic oxidation sites excluding steroid dienone is 13. The smallest absolute Gasteiger partial charge is 0.456 e. The van der Waals surface area contributed by atoms with E-state index >= 15 is 0 Å². The van der Waals surface area contributed by atoms with Gasteiger partial charge < -0.3 is 19.4 Å². The second kappa shape index (κ2) is 52.6. The van der Waals surface area contributed by atoms with Crippen LogP contribution in [0.25, 0.3) is 0 Å². The SMILES string of the molecule is CC/C=C/C=C/C=C/CCCCCCCCCC(=O)OC(/C=C\CCCCCCCCCCC)C(COP(=O)(O)OCC[N+](C)(C)C)NC(=O)CCCCCCCCCC/C=C\C/C=C\C/C=C\CCCCC. The molecule has 0 aromatic heterocycles. The maximum absolute atomic E-state index is 13.5. The van der Waals surface area contributed by atoms with E-state index in [0.717, 1.165) is 103 Å². The summed E-state index contributed by atoms with van der Waals surface area (Å²) in [6.07, 6.45) is 68.6. The molecule has 73 heavy (non-hydrogen) atoms. The van der Waals surface area contributed by atoms with Crippen LogP contribution in [0, 0.1) is 0 Å². The molecule has 3 unspecified atom stereocenters. The van der Waals surface area contributed by atoms with E-state index in [0.29, 0.717) is 17.4 Å². The summed E-state index contributed by atoms with van der Waals surface area (Å²) in [7, 11) is 1.47. The largest absolute Gasteiger partial charge is 0.472 e. The van der Waals surface area contributed by atoms with Gasteiger partial charge in [-0.2, -0.15) is 0 Å². The zero-order chi connectivity index (χ0) is 53.6. The number of carbonyl (C=O) groups excluding carboxylic acids is 2. The number of quaternary nitrogens is 1. The standard InChI is InChI=1S/C63H113N2O7P/c1-7-10-13-16-19-22-25-27-29-30-31-32-33-34-36-37-40-43-46-49-52-55-62(66)64-60(59-71-73(68,69)70-58-57-65(4,5)6)61(54-51-48-45-42-39-24-21-18-15-12-9-3)72-63(67)56-53-50-47-44-41-38-35-28-26-23-20-17-14-11-8-2/h11,14,17,19-20,22-23,26-27,29,31-32,51,54,60-61H,7-10,12-13,15-16,18,21,24-25,28,30,33-50,52-53,55-59H2,1-6H3,(H-,64,66,68,69)/p+1/b14-11+,20-17+,22-19-,26-23+,29-27-,32-31-,54-51-. The van der Waals surface area contributed by atoms with Crippen molar-refractivity contribution in [2.75, 3.05) is 40.9 Å². The summed E-state index contributed by atoms with van der Waals surface area (Å²) in [5.41, 5.74) is 0. The third-order valence-corrected chi connectivity index (χ3v) is 13.9. The Morgan fingerprint density at radius 2 is 0.932 bits per heavy atom. The minimum atomic E-state index is -4.45. The lowest BCUT2D eigenvalue weighted by atomic mass is 10.0. The molecule has 0 bridgehead atoms. The molecule has 0 rings (SSSR count). The first kappa shape index (κ1) is 70.2. The zero-order valence-corrected chi connectivity index (χ0v) is 49.0. The number of esters is 1. The minimum Gasteiger partial charge on any atom is -0.456 e. The molecular formula is C63H114N2O7P+. The van der Waals surface area contributed by atoms with E-state index in [2.05, 4.69) is 99.0 Å². The van der Waals surface area contributed by atoms with Crippen molar-refractivity contribution in [3.8, 4) is 0 Å². The van der Waals surface area contributed by atoms with E-state index in [1.807, 2.05) is 33.3 Å². The summed E-state index contributed by atoms with van der Waals surface area (Å²) in [6.45, 7) is 6.83. The van der Waals surface area contributed by atoms with Gasteiger partial charge in [0.25, 0.3) is 0 Å². The van der Waals surface area contributed by atoms with Gasteiger partial charge in [-0.25, -0.2) is 4.57 Å². The summed E-state index contributed by atoms with van der Waals surface area (Å²) in [4.78, 5) is 37.6. The number of likely N-dealkylation sites (N-methyl/N-ethyl adjacent to an activating group) is 1. The predicted molar refractivity (Wildman–Crippen MR) is 314 cm³/mol. The average molecular weight is 1040 g/mol. The first-order valence-electron chi connectivity index (χ1n) is 29.9. The van der Waals surface area contributed by atoms with Gasteiger partial charge in [-0.15, -0.1) is 0 Å². The van der Waals surface area contributed by atoms with Crippen molar-refractivity contribution in [2.45, 2.75) is 264 Å². The number of phosphoric ester groups is 1. The summed E-state index contributed by atoms with van der Waals surface area (Å²) >= 11 is 0. The maximum atomic E-state index is 13.5. The van der Waals surface area contributed by atoms with Crippen LogP contribution in [0.15, 0.2) is 85.1 Å². The van der Waals surface area contributed by atoms with Crippen molar-refractivity contribution in [3.63, 3.8) is 0 Å². The molecule has 0 radical (unpaired) electrons. The zero-order valence-electron chi connectivity index (χ0n) is 48.1. The Kier molecular flexibility index (Phi) is 50.6. The Morgan fingerprint density at radius 3 is 1.45 bits per heavy atom. The van der Waals surface area contributed by atoms with Crippen molar-refractivity contribution in [1.82, 2.24) is 5.32 Å². The Labute approximate surface area is 450 Å². The number of amides is 1. The highest BCUT2D eigenvalue weighted by molar-refractivity contribution is 7.47. The van der Waals surface area contributed by atoms with Crippen molar-refractivity contribution >= 4 is 19.7 Å². The van der Waals surface area contributed by atoms with Crippen LogP contribution in [0.5, 0.6) is 0 Å². The van der Waals surface area contributed by atoms with E-state index < -0.39 is 20.0 Å². The number of nitrogens with zero attached hydrogens (tertiary/aromatic N) is 1. The number of unbranched alkanes of at least 4 members (excludes halogenated alkanes) is 27. The molecular weight excluding hydrogens is 928 g/mol. The number of hydrogen-bond acceptors (Lipinski definition) is 6. The van der Waals surface area contributed by atoms with Gasteiger partial charge in [-0.05, 0) is 89.5 Å². The minimum absolute atomic E-state index is 0.0330. The second-order valence-electron chi connectivity index (χ2n) is 21.2. The Balaban J connectivity index is 5.26.